The lowest BCUT2D eigenvalue weighted by Crippen LogP contribution is -2.05. The van der Waals surface area contributed by atoms with E-state index >= 15 is 0 Å². The van der Waals surface area contributed by atoms with Crippen molar-refractivity contribution < 1.29 is 17.6 Å². The second kappa shape index (κ2) is 3.08. The highest BCUT2D eigenvalue weighted by Crippen LogP contribution is 2.26. The zero-order valence-corrected chi connectivity index (χ0v) is 7.62. The summed E-state index contributed by atoms with van der Waals surface area (Å²) in [5, 5.41) is 0. The maximum Gasteiger partial charge on any atom is 0.186 e. The molecular formula is C6H2F4IN. The molecule has 1 aromatic carbocycles. The number of benzene rings is 1. The summed E-state index contributed by atoms with van der Waals surface area (Å²) in [6, 6.07) is 0. The second-order valence-corrected chi connectivity index (χ2v) is 3.06. The Morgan fingerprint density at radius 3 is 1.50 bits per heavy atom. The minimum absolute atomic E-state index is 0.739. The van der Waals surface area contributed by atoms with Gasteiger partial charge in [-0.2, -0.15) is 0 Å². The van der Waals surface area contributed by atoms with Gasteiger partial charge in [0.1, 0.15) is 5.69 Å². The van der Waals surface area contributed by atoms with Gasteiger partial charge >= 0.3 is 0 Å². The van der Waals surface area contributed by atoms with E-state index in [1.54, 1.807) is 0 Å². The monoisotopic (exact) mass is 291 g/mol. The van der Waals surface area contributed by atoms with Gasteiger partial charge in [-0.15, -0.1) is 0 Å². The lowest BCUT2D eigenvalue weighted by Gasteiger charge is -2.03. The average Bonchev–Trinajstić information content (AvgIpc) is 2.08. The highest BCUT2D eigenvalue weighted by molar-refractivity contribution is 14.1. The molecule has 66 valence electrons. The predicted octanol–water partition coefficient (Wildman–Crippen LogP) is 2.43. The van der Waals surface area contributed by atoms with E-state index in [1.807, 2.05) is 0 Å². The smallest absolute Gasteiger partial charge is 0.186 e. The normalized spacial score (nSPS) is 10.4. The van der Waals surface area contributed by atoms with Crippen molar-refractivity contribution in [2.45, 2.75) is 0 Å². The van der Waals surface area contributed by atoms with E-state index in [1.165, 1.54) is 0 Å². The fraction of sp³-hybridized carbons (Fsp3) is 0. The van der Waals surface area contributed by atoms with E-state index in [4.69, 9.17) is 5.73 Å². The first-order chi connectivity index (χ1) is 5.46. The highest BCUT2D eigenvalue weighted by Gasteiger charge is 2.21. The topological polar surface area (TPSA) is 26.0 Å². The summed E-state index contributed by atoms with van der Waals surface area (Å²) in [5.74, 6) is -6.05. The maximum atomic E-state index is 12.6. The van der Waals surface area contributed by atoms with Gasteiger partial charge in [0.05, 0.1) is 3.57 Å². The van der Waals surface area contributed by atoms with Crippen LogP contribution >= 0.6 is 22.6 Å². The average molecular weight is 291 g/mol. The summed E-state index contributed by atoms with van der Waals surface area (Å²) < 4.78 is 49.4. The molecule has 2 N–H and O–H groups in total. The number of halogens is 5. The Morgan fingerprint density at radius 1 is 0.833 bits per heavy atom. The van der Waals surface area contributed by atoms with Crippen LogP contribution in [0.3, 0.4) is 0 Å². The van der Waals surface area contributed by atoms with E-state index in [2.05, 4.69) is 0 Å². The fourth-order valence-electron chi connectivity index (χ4n) is 0.622. The van der Waals surface area contributed by atoms with Gasteiger partial charge in [-0.1, -0.05) is 0 Å². The number of nitrogens with two attached hydrogens (primary N) is 1. The maximum absolute atomic E-state index is 12.6. The first-order valence-corrected chi connectivity index (χ1v) is 3.81. The van der Waals surface area contributed by atoms with Gasteiger partial charge in [0, 0.05) is 0 Å². The predicted molar refractivity (Wildman–Crippen MR) is 43.4 cm³/mol. The summed E-state index contributed by atoms with van der Waals surface area (Å²) in [5.41, 5.74) is 3.59. The van der Waals surface area contributed by atoms with Crippen LogP contribution in [0.5, 0.6) is 0 Å². The van der Waals surface area contributed by atoms with Gasteiger partial charge in [0.2, 0.25) is 0 Å². The Kier molecular flexibility index (Phi) is 2.45. The standard InChI is InChI=1S/C6H2F4IN/c7-1-3(9)6(12)4(10)2(8)5(1)11/h12H2. The van der Waals surface area contributed by atoms with E-state index in [-0.39, 0.29) is 0 Å². The minimum Gasteiger partial charge on any atom is -0.394 e. The van der Waals surface area contributed by atoms with E-state index in [0.29, 0.717) is 0 Å². The third-order valence-corrected chi connectivity index (χ3v) is 2.19. The Labute approximate surface area is 78.7 Å². The highest BCUT2D eigenvalue weighted by atomic mass is 127. The van der Waals surface area contributed by atoms with Crippen molar-refractivity contribution >= 4 is 28.3 Å². The minimum atomic E-state index is -1.56. The van der Waals surface area contributed by atoms with Crippen LogP contribution in [0.2, 0.25) is 0 Å². The molecule has 0 unspecified atom stereocenters. The van der Waals surface area contributed by atoms with Gasteiger partial charge < -0.3 is 5.73 Å². The Hall–Kier alpha value is -0.530. The lowest BCUT2D eigenvalue weighted by atomic mass is 10.3. The van der Waals surface area contributed by atoms with E-state index in [0.717, 1.165) is 22.6 Å². The lowest BCUT2D eigenvalue weighted by molar-refractivity contribution is 0.451. The molecule has 0 saturated heterocycles. The first-order valence-electron chi connectivity index (χ1n) is 2.73. The number of hydrogen-bond donors (Lipinski definition) is 1. The largest absolute Gasteiger partial charge is 0.394 e. The van der Waals surface area contributed by atoms with Crippen molar-refractivity contribution in [2.24, 2.45) is 0 Å². The van der Waals surface area contributed by atoms with Crippen LogP contribution in [-0.2, 0) is 0 Å². The SMILES string of the molecule is Nc1c(F)c(F)c(I)c(F)c1F. The number of nitrogen functional groups attached to an aromatic ring is 1. The molecule has 0 aliphatic rings. The number of hydrogen-bond acceptors (Lipinski definition) is 1. The third kappa shape index (κ3) is 1.23. The summed E-state index contributed by atoms with van der Waals surface area (Å²) in [6.07, 6.45) is 0. The summed E-state index contributed by atoms with van der Waals surface area (Å²) in [6.45, 7) is 0. The molecule has 1 nitrogen and oxygen atoms in total. The van der Waals surface area contributed by atoms with Gasteiger partial charge in [-0.3, -0.25) is 0 Å². The molecular weight excluding hydrogens is 289 g/mol. The molecule has 6 heteroatoms. The van der Waals surface area contributed by atoms with Crippen LogP contribution in [0.15, 0.2) is 0 Å². The van der Waals surface area contributed by atoms with Crippen molar-refractivity contribution in [1.29, 1.82) is 0 Å². The van der Waals surface area contributed by atoms with Crippen LogP contribution in [0.4, 0.5) is 23.2 Å². The number of rotatable bonds is 0. The van der Waals surface area contributed by atoms with E-state index < -0.39 is 32.5 Å². The molecule has 0 aliphatic carbocycles. The summed E-state index contributed by atoms with van der Waals surface area (Å²) in [7, 11) is 0. The molecule has 0 heterocycles. The molecule has 0 bridgehead atoms. The van der Waals surface area contributed by atoms with Crippen molar-refractivity contribution in [3.8, 4) is 0 Å². The van der Waals surface area contributed by atoms with Crippen LogP contribution in [0, 0.1) is 26.8 Å². The summed E-state index contributed by atoms with van der Waals surface area (Å²) in [4.78, 5) is 0. The quantitative estimate of drug-likeness (QED) is 0.257. The zero-order chi connectivity index (χ0) is 9.46. The Bertz CT molecular complexity index is 234. The first kappa shape index (κ1) is 9.56. The molecule has 0 aliphatic heterocycles. The van der Waals surface area contributed by atoms with Gasteiger partial charge in [-0.05, 0) is 22.6 Å². The Balaban J connectivity index is 3.60. The van der Waals surface area contributed by atoms with Gasteiger partial charge in [-0.25, -0.2) is 17.6 Å². The second-order valence-electron chi connectivity index (χ2n) is 1.98. The molecule has 0 fully saturated rings. The van der Waals surface area contributed by atoms with Crippen LogP contribution in [-0.4, -0.2) is 0 Å². The van der Waals surface area contributed by atoms with Gasteiger partial charge in [0.15, 0.2) is 23.3 Å². The van der Waals surface area contributed by atoms with Gasteiger partial charge in [0.25, 0.3) is 0 Å². The van der Waals surface area contributed by atoms with E-state index in [9.17, 15) is 17.6 Å². The molecule has 1 rings (SSSR count). The van der Waals surface area contributed by atoms with Crippen molar-refractivity contribution in [1.82, 2.24) is 0 Å². The molecule has 0 saturated carbocycles. The van der Waals surface area contributed by atoms with Crippen LogP contribution in [0.1, 0.15) is 0 Å². The zero-order valence-electron chi connectivity index (χ0n) is 5.47. The molecule has 0 radical (unpaired) electrons. The molecule has 0 spiro atoms. The molecule has 0 amide bonds. The van der Waals surface area contributed by atoms with Crippen molar-refractivity contribution in [2.75, 3.05) is 5.73 Å². The number of anilines is 1. The third-order valence-electron chi connectivity index (χ3n) is 1.24. The van der Waals surface area contributed by atoms with Crippen molar-refractivity contribution in [3.05, 3.63) is 26.8 Å². The molecule has 0 aromatic heterocycles. The summed E-state index contributed by atoms with van der Waals surface area (Å²) >= 11 is 1.15. The molecule has 1 aromatic rings. The Morgan fingerprint density at radius 2 is 1.17 bits per heavy atom. The van der Waals surface area contributed by atoms with Crippen LogP contribution in [0.25, 0.3) is 0 Å². The molecule has 12 heavy (non-hydrogen) atoms. The van der Waals surface area contributed by atoms with Crippen molar-refractivity contribution in [3.63, 3.8) is 0 Å². The molecule has 0 atom stereocenters. The fourth-order valence-corrected chi connectivity index (χ4v) is 1.10. The van der Waals surface area contributed by atoms with Crippen LogP contribution < -0.4 is 5.73 Å².